The van der Waals surface area contributed by atoms with E-state index in [4.69, 9.17) is 17.7 Å². The van der Waals surface area contributed by atoms with Gasteiger partial charge in [0.15, 0.2) is 11.2 Å². The fraction of sp³-hybridized carbons (Fsp3) is 0.0882. The van der Waals surface area contributed by atoms with Crippen LogP contribution in [0.25, 0.3) is 109 Å². The number of fused-ring (bicyclic) bond motifs is 14. The molecule has 11 aromatic carbocycles. The van der Waals surface area contributed by atoms with Gasteiger partial charge in [-0.05, 0) is 150 Å². The van der Waals surface area contributed by atoms with E-state index in [1.807, 2.05) is 18.2 Å². The van der Waals surface area contributed by atoms with Gasteiger partial charge in [-0.25, -0.2) is 0 Å². The van der Waals surface area contributed by atoms with E-state index < -0.39 is 0 Å². The number of benzene rings is 11. The lowest BCUT2D eigenvalue weighted by Gasteiger charge is -2.28. The van der Waals surface area contributed by atoms with Crippen LogP contribution in [0.4, 0.5) is 34.1 Å². The Hall–Kier alpha value is -9.26. The van der Waals surface area contributed by atoms with Crippen LogP contribution in [-0.4, -0.2) is 0 Å². The molecule has 15 aromatic rings. The van der Waals surface area contributed by atoms with Crippen LogP contribution in [0.3, 0.4) is 0 Å². The smallest absolute Gasteiger partial charge is 0.159 e. The zero-order chi connectivity index (χ0) is 49.5. The molecule has 6 nitrogen and oxygen atoms in total. The van der Waals surface area contributed by atoms with Gasteiger partial charge < -0.3 is 27.5 Å². The van der Waals surface area contributed by atoms with Crippen molar-refractivity contribution in [2.75, 3.05) is 9.80 Å². The summed E-state index contributed by atoms with van der Waals surface area (Å²) >= 11 is 0. The molecule has 0 fully saturated rings. The second-order valence-corrected chi connectivity index (χ2v) is 20.4. The first-order chi connectivity index (χ1) is 36.2. The highest BCUT2D eigenvalue weighted by Gasteiger charge is 2.26. The maximum atomic E-state index is 7.07. The fourth-order valence-electron chi connectivity index (χ4n) is 12.0. The molecule has 0 bridgehead atoms. The number of hydrogen-bond donors (Lipinski definition) is 0. The highest BCUT2D eigenvalue weighted by Crippen LogP contribution is 2.49. The summed E-state index contributed by atoms with van der Waals surface area (Å²) in [4.78, 5) is 4.69. The van der Waals surface area contributed by atoms with Crippen LogP contribution in [0, 0.1) is 20.8 Å². The quantitative estimate of drug-likeness (QED) is 0.159. The minimum absolute atomic E-state index is 0.150. The molecular weight excluding hydrogens is 909 g/mol. The first-order valence-corrected chi connectivity index (χ1v) is 25.5. The molecule has 0 radical (unpaired) electrons. The van der Waals surface area contributed by atoms with Crippen molar-refractivity contribution >= 4 is 143 Å². The number of anilines is 6. The van der Waals surface area contributed by atoms with Gasteiger partial charge in [0.1, 0.15) is 33.5 Å². The molecule has 6 heteroatoms. The Morgan fingerprint density at radius 2 is 0.865 bits per heavy atom. The molecule has 0 spiro atoms. The molecule has 4 heterocycles. The van der Waals surface area contributed by atoms with Gasteiger partial charge in [0.2, 0.25) is 0 Å². The van der Waals surface area contributed by atoms with Crippen LogP contribution >= 0.6 is 0 Å². The molecule has 0 aliphatic heterocycles. The Morgan fingerprint density at radius 3 is 1.54 bits per heavy atom. The van der Waals surface area contributed by atoms with Crippen molar-refractivity contribution in [3.63, 3.8) is 0 Å². The summed E-state index contributed by atoms with van der Waals surface area (Å²) in [6.45, 7) is 11.0. The van der Waals surface area contributed by atoms with Crippen molar-refractivity contribution < 1.29 is 17.7 Å². The minimum atomic E-state index is 0.150. The van der Waals surface area contributed by atoms with Crippen LogP contribution in [0.2, 0.25) is 0 Å². The summed E-state index contributed by atoms with van der Waals surface area (Å²) in [6, 6.07) is 69.2. The molecule has 0 atom stereocenters. The van der Waals surface area contributed by atoms with Crippen molar-refractivity contribution in [3.05, 3.63) is 216 Å². The van der Waals surface area contributed by atoms with Crippen LogP contribution in [0.5, 0.6) is 0 Å². The maximum absolute atomic E-state index is 7.07. The van der Waals surface area contributed by atoms with Crippen molar-refractivity contribution in [1.29, 1.82) is 0 Å². The summed E-state index contributed by atoms with van der Waals surface area (Å²) in [5.41, 5.74) is 17.8. The monoisotopic (exact) mass is 956 g/mol. The van der Waals surface area contributed by atoms with Gasteiger partial charge in [0, 0.05) is 71.4 Å². The SMILES string of the molecule is Cc1ccccc1N(c1ccc2cc3c(cc2c1)oc1cc2c(oc4cc5cc(N(c6ccccc6C)c6c(C)ccc7c6oc6ccccc67)ccc5cc42)c(C(C)C)c13)c1cccc2c1oc1ccccc12. The van der Waals surface area contributed by atoms with E-state index in [-0.39, 0.29) is 5.92 Å². The first kappa shape index (κ1) is 42.4. The average Bonchev–Trinajstić information content (AvgIpc) is 4.19. The maximum Gasteiger partial charge on any atom is 0.159 e. The predicted molar refractivity (Wildman–Crippen MR) is 308 cm³/mol. The lowest BCUT2D eigenvalue weighted by molar-refractivity contribution is 0.655. The summed E-state index contributed by atoms with van der Waals surface area (Å²) in [7, 11) is 0. The normalized spacial score (nSPS) is 12.2. The fourth-order valence-corrected chi connectivity index (χ4v) is 12.0. The number of furan rings is 4. The van der Waals surface area contributed by atoms with Crippen LogP contribution < -0.4 is 9.80 Å². The molecular formula is C68H48N2O4. The Morgan fingerprint density at radius 1 is 0.324 bits per heavy atom. The topological polar surface area (TPSA) is 59.0 Å². The van der Waals surface area contributed by atoms with Crippen LogP contribution in [-0.2, 0) is 0 Å². The summed E-state index contributed by atoms with van der Waals surface area (Å²) in [5.74, 6) is 0.150. The molecule has 15 rings (SSSR count). The summed E-state index contributed by atoms with van der Waals surface area (Å²) in [6.07, 6.45) is 0. The number of para-hydroxylation sites is 5. The van der Waals surface area contributed by atoms with Gasteiger partial charge in [-0.15, -0.1) is 0 Å². The van der Waals surface area contributed by atoms with Crippen molar-refractivity contribution in [2.45, 2.75) is 40.5 Å². The van der Waals surface area contributed by atoms with Gasteiger partial charge in [0.05, 0.1) is 11.4 Å². The summed E-state index contributed by atoms with van der Waals surface area (Å²) < 4.78 is 27.4. The van der Waals surface area contributed by atoms with Gasteiger partial charge in [-0.2, -0.15) is 0 Å². The molecule has 0 saturated heterocycles. The number of nitrogens with zero attached hydrogens (tertiary/aromatic N) is 2. The van der Waals surface area contributed by atoms with Crippen molar-refractivity contribution in [1.82, 2.24) is 0 Å². The molecule has 0 aliphatic carbocycles. The second kappa shape index (κ2) is 15.9. The third-order valence-corrected chi connectivity index (χ3v) is 15.5. The molecule has 0 amide bonds. The highest BCUT2D eigenvalue weighted by molar-refractivity contribution is 6.21. The first-order valence-electron chi connectivity index (χ1n) is 25.5. The number of rotatable bonds is 7. The molecule has 0 aliphatic rings. The zero-order valence-electron chi connectivity index (χ0n) is 41.6. The van der Waals surface area contributed by atoms with Crippen LogP contribution in [0.15, 0.2) is 212 Å². The van der Waals surface area contributed by atoms with E-state index in [0.29, 0.717) is 0 Å². The van der Waals surface area contributed by atoms with E-state index in [2.05, 4.69) is 220 Å². The molecule has 74 heavy (non-hydrogen) atoms. The Bertz CT molecular complexity index is 4830. The standard InChI is InChI=1S/C68H48N2O4/c1-38(2)63-64-54-34-43-26-28-46(69(55-20-10-6-15-39(55)3)57-22-14-19-50-48-17-8-12-23-58(48)72-66(50)57)31-44(43)36-61(54)71-62(64)37-53-52-33-42-27-29-47(32-45(42)35-60(52)74-67(53)63)70(56-21-11-7-16-40(56)4)65-41(5)25-30-51-49-18-9-13-24-59(49)73-68(51)65/h6-38H,1-5H3. The van der Waals surface area contributed by atoms with Gasteiger partial charge in [-0.3, -0.25) is 0 Å². The second-order valence-electron chi connectivity index (χ2n) is 20.4. The average molecular weight is 957 g/mol. The van der Waals surface area contributed by atoms with E-state index >= 15 is 0 Å². The largest absolute Gasteiger partial charge is 0.456 e. The van der Waals surface area contributed by atoms with Crippen molar-refractivity contribution in [3.8, 4) is 0 Å². The molecule has 0 N–H and O–H groups in total. The van der Waals surface area contributed by atoms with E-state index in [1.165, 1.54) is 5.56 Å². The predicted octanol–water partition coefficient (Wildman–Crippen LogP) is 20.6. The van der Waals surface area contributed by atoms with E-state index in [0.717, 1.165) is 160 Å². The Kier molecular flexibility index (Phi) is 9.10. The van der Waals surface area contributed by atoms with E-state index in [1.54, 1.807) is 0 Å². The van der Waals surface area contributed by atoms with Crippen molar-refractivity contribution in [2.24, 2.45) is 0 Å². The number of hydrogen-bond acceptors (Lipinski definition) is 6. The Balaban J connectivity index is 0.877. The third-order valence-electron chi connectivity index (χ3n) is 15.5. The zero-order valence-corrected chi connectivity index (χ0v) is 41.6. The molecule has 354 valence electrons. The van der Waals surface area contributed by atoms with Gasteiger partial charge in [0.25, 0.3) is 0 Å². The van der Waals surface area contributed by atoms with Gasteiger partial charge in [-0.1, -0.05) is 123 Å². The highest BCUT2D eigenvalue weighted by atomic mass is 16.3. The lowest BCUT2D eigenvalue weighted by Crippen LogP contribution is -2.13. The summed E-state index contributed by atoms with van der Waals surface area (Å²) in [5, 5.41) is 13.1. The van der Waals surface area contributed by atoms with E-state index in [9.17, 15) is 0 Å². The van der Waals surface area contributed by atoms with Crippen LogP contribution in [0.1, 0.15) is 42.0 Å². The number of aryl methyl sites for hydroxylation is 3. The molecule has 4 aromatic heterocycles. The molecule has 0 unspecified atom stereocenters. The Labute approximate surface area is 425 Å². The minimum Gasteiger partial charge on any atom is -0.456 e. The third kappa shape index (κ3) is 6.24. The molecule has 0 saturated carbocycles. The van der Waals surface area contributed by atoms with Gasteiger partial charge >= 0.3 is 0 Å². The lowest BCUT2D eigenvalue weighted by atomic mass is 9.93.